The number of benzene rings is 2. The molecule has 2 heterocycles. The Kier molecular flexibility index (Phi) is 5.58. The lowest BCUT2D eigenvalue weighted by atomic mass is 10.1. The highest BCUT2D eigenvalue weighted by atomic mass is 32.1. The Morgan fingerprint density at radius 3 is 2.63 bits per heavy atom. The van der Waals surface area contributed by atoms with Gasteiger partial charge in [-0.2, -0.15) is 5.10 Å². The lowest BCUT2D eigenvalue weighted by Gasteiger charge is -2.05. The fourth-order valence-corrected chi connectivity index (χ4v) is 3.74. The lowest BCUT2D eigenvalue weighted by Crippen LogP contribution is -2.24. The minimum atomic E-state index is -0.225. The number of pyridine rings is 1. The van der Waals surface area contributed by atoms with Gasteiger partial charge in [-0.15, -0.1) is 11.3 Å². The van der Waals surface area contributed by atoms with Crippen LogP contribution in [0.1, 0.15) is 16.1 Å². The van der Waals surface area contributed by atoms with Gasteiger partial charge in [-0.1, -0.05) is 36.4 Å². The second kappa shape index (κ2) is 8.62. The van der Waals surface area contributed by atoms with Crippen molar-refractivity contribution in [2.24, 2.45) is 10.9 Å². The van der Waals surface area contributed by atoms with E-state index in [-0.39, 0.29) is 11.3 Å². The highest BCUT2D eigenvalue weighted by Gasteiger charge is 2.10. The molecule has 0 atom stereocenters. The summed E-state index contributed by atoms with van der Waals surface area (Å²) in [7, 11) is 0. The van der Waals surface area contributed by atoms with Gasteiger partial charge in [-0.25, -0.2) is 4.98 Å². The van der Waals surface area contributed by atoms with Gasteiger partial charge in [0, 0.05) is 17.3 Å². The zero-order valence-electron chi connectivity index (χ0n) is 15.9. The molecule has 4 aromatic rings. The zero-order chi connectivity index (χ0) is 20.9. The molecular weight excluding hydrogens is 396 g/mol. The lowest BCUT2D eigenvalue weighted by molar-refractivity contribution is 0.0950. The van der Waals surface area contributed by atoms with Crippen molar-refractivity contribution in [3.05, 3.63) is 94.2 Å². The van der Waals surface area contributed by atoms with Crippen molar-refractivity contribution < 1.29 is 4.79 Å². The number of fused-ring (bicyclic) bond motifs is 1. The number of hydrogen-bond acceptors (Lipinski definition) is 7. The van der Waals surface area contributed by atoms with Crippen LogP contribution in [0.2, 0.25) is 0 Å². The summed E-state index contributed by atoms with van der Waals surface area (Å²) in [6.07, 6.45) is 1.69. The number of carbonyl (C=O) groups is 1. The van der Waals surface area contributed by atoms with Crippen molar-refractivity contribution in [3.63, 3.8) is 0 Å². The molecule has 0 bridgehead atoms. The summed E-state index contributed by atoms with van der Waals surface area (Å²) < 4.78 is 1.14. The van der Waals surface area contributed by atoms with Crippen LogP contribution in [0.5, 0.6) is 0 Å². The molecule has 2 aromatic carbocycles. The van der Waals surface area contributed by atoms with E-state index in [1.165, 1.54) is 11.3 Å². The van der Waals surface area contributed by atoms with E-state index in [1.807, 2.05) is 48.5 Å². The van der Waals surface area contributed by atoms with E-state index in [9.17, 15) is 4.79 Å². The molecule has 2 aromatic heterocycles. The molecule has 7 nitrogen and oxygen atoms in total. The summed E-state index contributed by atoms with van der Waals surface area (Å²) in [5.74, 6) is 5.31. The summed E-state index contributed by atoms with van der Waals surface area (Å²) in [6.45, 7) is 0.332. The first-order chi connectivity index (χ1) is 14.7. The first kappa shape index (κ1) is 19.4. The van der Waals surface area contributed by atoms with Gasteiger partial charge in [0.05, 0.1) is 28.1 Å². The number of amides is 1. The van der Waals surface area contributed by atoms with E-state index in [2.05, 4.69) is 15.4 Å². The first-order valence-electron chi connectivity index (χ1n) is 9.17. The number of nitrogens with one attached hydrogen (secondary N) is 2. The van der Waals surface area contributed by atoms with Crippen LogP contribution < -0.4 is 21.2 Å². The molecule has 0 saturated heterocycles. The quantitative estimate of drug-likeness (QED) is 0.351. The van der Waals surface area contributed by atoms with Crippen molar-refractivity contribution in [1.82, 2.24) is 15.3 Å². The van der Waals surface area contributed by atoms with Crippen LogP contribution in [0.15, 0.2) is 78.0 Å². The average molecular weight is 414 g/mol. The molecule has 0 radical (unpaired) electrons. The highest BCUT2D eigenvalue weighted by molar-refractivity contribution is 7.15. The fraction of sp³-hybridized carbons (Fsp3) is 0.0455. The van der Waals surface area contributed by atoms with Gasteiger partial charge in [0.15, 0.2) is 4.67 Å². The van der Waals surface area contributed by atoms with Gasteiger partial charge >= 0.3 is 0 Å². The molecule has 8 heteroatoms. The topological polar surface area (TPSA) is 117 Å². The standard InChI is InChI=1S/C22H18N6OS/c23-19-20(14-6-2-1-3-7-14)27-17-12-15(9-10-18(17)30-22(19)28-24)21(29)26-13-16-8-4-5-11-25-16/h1-12,23H,13,24H2,(H,26,29)/b23-19?,28-22+. The maximum atomic E-state index is 12.6. The Bertz CT molecular complexity index is 1340. The van der Waals surface area contributed by atoms with Gasteiger partial charge in [-0.3, -0.25) is 15.2 Å². The largest absolute Gasteiger partial charge is 0.346 e. The third kappa shape index (κ3) is 4.08. The number of hydrogen-bond donors (Lipinski definition) is 3. The maximum Gasteiger partial charge on any atom is 0.251 e. The van der Waals surface area contributed by atoms with Gasteiger partial charge < -0.3 is 11.2 Å². The Morgan fingerprint density at radius 1 is 1.10 bits per heavy atom. The van der Waals surface area contributed by atoms with Crippen molar-refractivity contribution in [2.75, 3.05) is 0 Å². The van der Waals surface area contributed by atoms with E-state index in [4.69, 9.17) is 16.2 Å². The second-order valence-corrected chi connectivity index (χ2v) is 7.45. The number of rotatable bonds is 4. The van der Waals surface area contributed by atoms with E-state index in [0.29, 0.717) is 28.0 Å². The molecule has 4 rings (SSSR count). The molecular formula is C22H18N6OS. The SMILES string of the molecule is N=c1c(-c2ccccc2)nc2cc(C(=O)NCc3ccccn3)ccc2s/c1=N/N. The first-order valence-corrected chi connectivity index (χ1v) is 9.98. The summed E-state index contributed by atoms with van der Waals surface area (Å²) in [5.41, 5.74) is 3.07. The summed E-state index contributed by atoms with van der Waals surface area (Å²) in [6, 6.07) is 20.2. The molecule has 0 saturated carbocycles. The van der Waals surface area contributed by atoms with Crippen LogP contribution in [0, 0.1) is 5.41 Å². The van der Waals surface area contributed by atoms with Crippen LogP contribution in [0.4, 0.5) is 0 Å². The van der Waals surface area contributed by atoms with Crippen LogP contribution in [0.25, 0.3) is 21.5 Å². The van der Waals surface area contributed by atoms with Gasteiger partial charge in [0.25, 0.3) is 5.91 Å². The van der Waals surface area contributed by atoms with Crippen molar-refractivity contribution >= 4 is 27.5 Å². The van der Waals surface area contributed by atoms with E-state index in [0.717, 1.165) is 16.0 Å². The molecule has 30 heavy (non-hydrogen) atoms. The van der Waals surface area contributed by atoms with Crippen molar-refractivity contribution in [2.45, 2.75) is 6.54 Å². The summed E-state index contributed by atoms with van der Waals surface area (Å²) in [5, 5.41) is 15.3. The Hall–Kier alpha value is -3.91. The average Bonchev–Trinajstić information content (AvgIpc) is 2.94. The Labute approximate surface area is 176 Å². The zero-order valence-corrected chi connectivity index (χ0v) is 16.7. The normalized spacial score (nSPS) is 11.4. The number of nitrogens with two attached hydrogens (primary N) is 1. The molecule has 0 unspecified atom stereocenters. The minimum Gasteiger partial charge on any atom is -0.346 e. The van der Waals surface area contributed by atoms with E-state index >= 15 is 0 Å². The Morgan fingerprint density at radius 2 is 1.90 bits per heavy atom. The third-order valence-electron chi connectivity index (χ3n) is 4.43. The number of carbonyl (C=O) groups excluding carboxylic acids is 1. The van der Waals surface area contributed by atoms with Crippen LogP contribution in [-0.4, -0.2) is 15.9 Å². The third-order valence-corrected chi connectivity index (χ3v) is 5.50. The smallest absolute Gasteiger partial charge is 0.251 e. The monoisotopic (exact) mass is 414 g/mol. The van der Waals surface area contributed by atoms with Crippen molar-refractivity contribution in [1.29, 1.82) is 5.41 Å². The Balaban J connectivity index is 1.77. The molecule has 4 N–H and O–H groups in total. The predicted octanol–water partition coefficient (Wildman–Crippen LogP) is 2.54. The van der Waals surface area contributed by atoms with E-state index < -0.39 is 0 Å². The maximum absolute atomic E-state index is 12.6. The number of aromatic nitrogens is 2. The molecule has 0 aliphatic heterocycles. The van der Waals surface area contributed by atoms with Gasteiger partial charge in [0.2, 0.25) is 0 Å². The van der Waals surface area contributed by atoms with E-state index in [1.54, 1.807) is 24.4 Å². The van der Waals surface area contributed by atoms with Crippen LogP contribution in [-0.2, 0) is 6.54 Å². The summed E-state index contributed by atoms with van der Waals surface area (Å²) in [4.78, 5) is 21.5. The van der Waals surface area contributed by atoms with Crippen LogP contribution in [0.3, 0.4) is 0 Å². The second-order valence-electron chi connectivity index (χ2n) is 6.42. The van der Waals surface area contributed by atoms with Crippen molar-refractivity contribution in [3.8, 4) is 11.3 Å². The molecule has 0 spiro atoms. The molecule has 0 fully saturated rings. The fourth-order valence-electron chi connectivity index (χ4n) is 2.94. The van der Waals surface area contributed by atoms with Crippen LogP contribution >= 0.6 is 11.3 Å². The summed E-state index contributed by atoms with van der Waals surface area (Å²) >= 11 is 1.26. The molecule has 0 aliphatic rings. The minimum absolute atomic E-state index is 0.144. The number of nitrogens with zero attached hydrogens (tertiary/aromatic N) is 3. The molecule has 1 amide bonds. The predicted molar refractivity (Wildman–Crippen MR) is 116 cm³/mol. The highest BCUT2D eigenvalue weighted by Crippen LogP contribution is 2.19. The van der Waals surface area contributed by atoms with Gasteiger partial charge in [0.1, 0.15) is 5.36 Å². The van der Waals surface area contributed by atoms with Gasteiger partial charge in [-0.05, 0) is 30.3 Å². The molecule has 0 aliphatic carbocycles. The molecule has 148 valence electrons.